The first-order valence-corrected chi connectivity index (χ1v) is 9.05. The van der Waals surface area contributed by atoms with Gasteiger partial charge < -0.3 is 19.7 Å². The molecular weight excluding hydrogens is 344 g/mol. The van der Waals surface area contributed by atoms with Crippen LogP contribution in [0.2, 0.25) is 0 Å². The van der Waals surface area contributed by atoms with Gasteiger partial charge in [-0.2, -0.15) is 0 Å². The van der Waals surface area contributed by atoms with Gasteiger partial charge in [-0.1, -0.05) is 24.3 Å². The van der Waals surface area contributed by atoms with Gasteiger partial charge in [-0.15, -0.1) is 0 Å². The number of likely N-dealkylation sites (N-methyl/N-ethyl adjacent to an activating group) is 1. The minimum absolute atomic E-state index is 0.0486. The summed E-state index contributed by atoms with van der Waals surface area (Å²) in [6.07, 6.45) is 0.217. The van der Waals surface area contributed by atoms with E-state index in [2.05, 4.69) is 5.32 Å². The lowest BCUT2D eigenvalue weighted by atomic mass is 10.1. The average Bonchev–Trinajstić information content (AvgIpc) is 2.69. The first kappa shape index (κ1) is 18.8. The molecule has 6 heteroatoms. The van der Waals surface area contributed by atoms with E-state index in [1.807, 2.05) is 49.4 Å². The van der Waals surface area contributed by atoms with Crippen molar-refractivity contribution in [1.29, 1.82) is 0 Å². The van der Waals surface area contributed by atoms with Crippen molar-refractivity contribution in [3.8, 4) is 11.5 Å². The highest BCUT2D eigenvalue weighted by atomic mass is 16.5. The first-order valence-electron chi connectivity index (χ1n) is 9.05. The molecule has 142 valence electrons. The number of para-hydroxylation sites is 2. The van der Waals surface area contributed by atoms with E-state index >= 15 is 0 Å². The smallest absolute Gasteiger partial charge is 0.262 e. The number of amides is 2. The number of carbonyl (C=O) groups is 2. The second-order valence-corrected chi connectivity index (χ2v) is 6.46. The predicted octanol–water partition coefficient (Wildman–Crippen LogP) is 2.69. The minimum Gasteiger partial charge on any atom is -0.494 e. The van der Waals surface area contributed by atoms with Gasteiger partial charge in [0, 0.05) is 13.5 Å². The topological polar surface area (TPSA) is 67.9 Å². The summed E-state index contributed by atoms with van der Waals surface area (Å²) < 4.78 is 11.4. The molecule has 0 unspecified atom stereocenters. The third-order valence-electron chi connectivity index (χ3n) is 4.41. The quantitative estimate of drug-likeness (QED) is 0.796. The summed E-state index contributed by atoms with van der Waals surface area (Å²) >= 11 is 0. The predicted molar refractivity (Wildman–Crippen MR) is 103 cm³/mol. The first-order chi connectivity index (χ1) is 13.1. The van der Waals surface area contributed by atoms with Gasteiger partial charge in [0.05, 0.1) is 18.8 Å². The van der Waals surface area contributed by atoms with Crippen LogP contribution in [0, 0.1) is 6.92 Å². The maximum Gasteiger partial charge on any atom is 0.262 e. The largest absolute Gasteiger partial charge is 0.494 e. The maximum absolute atomic E-state index is 12.8. The fourth-order valence-corrected chi connectivity index (χ4v) is 3.02. The van der Waals surface area contributed by atoms with E-state index in [0.717, 1.165) is 11.3 Å². The summed E-state index contributed by atoms with van der Waals surface area (Å²) in [7, 11) is 1.56. The number of hydrogen-bond acceptors (Lipinski definition) is 4. The number of fused-ring (bicyclic) bond motifs is 1. The monoisotopic (exact) mass is 368 g/mol. The number of nitrogens with one attached hydrogen (secondary N) is 1. The average molecular weight is 368 g/mol. The Labute approximate surface area is 159 Å². The number of benzene rings is 2. The third kappa shape index (κ3) is 4.58. The van der Waals surface area contributed by atoms with E-state index in [9.17, 15) is 9.59 Å². The highest BCUT2D eigenvalue weighted by Gasteiger charge is 2.32. The Morgan fingerprint density at radius 2 is 2.04 bits per heavy atom. The number of ether oxygens (including phenoxy) is 2. The molecule has 2 amide bonds. The fraction of sp³-hybridized carbons (Fsp3) is 0.333. The van der Waals surface area contributed by atoms with Crippen molar-refractivity contribution in [2.45, 2.75) is 25.9 Å². The highest BCUT2D eigenvalue weighted by Crippen LogP contribution is 2.33. The van der Waals surface area contributed by atoms with Crippen LogP contribution in [0.25, 0.3) is 0 Å². The van der Waals surface area contributed by atoms with Gasteiger partial charge >= 0.3 is 0 Å². The summed E-state index contributed by atoms with van der Waals surface area (Å²) in [5, 5.41) is 2.58. The molecule has 1 aliphatic heterocycles. The molecule has 1 heterocycles. The molecule has 0 radical (unpaired) electrons. The Kier molecular flexibility index (Phi) is 5.96. The van der Waals surface area contributed by atoms with E-state index in [1.165, 1.54) is 0 Å². The number of nitrogens with zero attached hydrogens (tertiary/aromatic N) is 1. The van der Waals surface area contributed by atoms with Crippen LogP contribution in [0.3, 0.4) is 0 Å². The van der Waals surface area contributed by atoms with Gasteiger partial charge in [-0.3, -0.25) is 9.59 Å². The van der Waals surface area contributed by atoms with Crippen molar-refractivity contribution in [2.75, 3.05) is 25.1 Å². The Bertz CT molecular complexity index is 821. The standard InChI is InChI=1S/C21H24N2O4/c1-15-7-5-8-16(13-15)26-12-6-11-20(24)23-14-19(21(25)22-2)27-18-10-4-3-9-17(18)23/h3-5,7-10,13,19H,6,11-12,14H2,1-2H3,(H,22,25)/t19-/m1/s1. The van der Waals surface area contributed by atoms with Crippen molar-refractivity contribution in [2.24, 2.45) is 0 Å². The molecule has 27 heavy (non-hydrogen) atoms. The third-order valence-corrected chi connectivity index (χ3v) is 4.41. The van der Waals surface area contributed by atoms with Crippen molar-refractivity contribution >= 4 is 17.5 Å². The van der Waals surface area contributed by atoms with Crippen LogP contribution in [0.1, 0.15) is 18.4 Å². The molecule has 0 bridgehead atoms. The molecule has 3 rings (SSSR count). The van der Waals surface area contributed by atoms with Gasteiger partial charge in [-0.25, -0.2) is 0 Å². The van der Waals surface area contributed by atoms with Gasteiger partial charge in [0.25, 0.3) is 5.91 Å². The van der Waals surface area contributed by atoms with E-state index in [1.54, 1.807) is 18.0 Å². The maximum atomic E-state index is 12.8. The van der Waals surface area contributed by atoms with Crippen molar-refractivity contribution < 1.29 is 19.1 Å². The molecule has 0 aromatic heterocycles. The Morgan fingerprint density at radius 3 is 2.81 bits per heavy atom. The molecule has 2 aromatic rings. The van der Waals surface area contributed by atoms with Crippen molar-refractivity contribution in [3.63, 3.8) is 0 Å². The van der Waals surface area contributed by atoms with E-state index < -0.39 is 6.10 Å². The normalized spacial score (nSPS) is 15.5. The van der Waals surface area contributed by atoms with Crippen LogP contribution < -0.4 is 19.7 Å². The van der Waals surface area contributed by atoms with Crippen LogP contribution in [0.5, 0.6) is 11.5 Å². The lowest BCUT2D eigenvalue weighted by Gasteiger charge is -2.34. The lowest BCUT2D eigenvalue weighted by Crippen LogP contribution is -2.50. The van der Waals surface area contributed by atoms with Crippen LogP contribution in [0.15, 0.2) is 48.5 Å². The molecule has 0 aliphatic carbocycles. The zero-order valence-electron chi connectivity index (χ0n) is 15.6. The summed E-state index contributed by atoms with van der Waals surface area (Å²) in [4.78, 5) is 26.4. The van der Waals surface area contributed by atoms with Crippen molar-refractivity contribution in [3.05, 3.63) is 54.1 Å². The molecule has 6 nitrogen and oxygen atoms in total. The van der Waals surface area contributed by atoms with E-state index in [4.69, 9.17) is 9.47 Å². The van der Waals surface area contributed by atoms with E-state index in [-0.39, 0.29) is 18.4 Å². The summed E-state index contributed by atoms with van der Waals surface area (Å²) in [6, 6.07) is 15.1. The molecule has 1 atom stereocenters. The zero-order chi connectivity index (χ0) is 19.2. The van der Waals surface area contributed by atoms with Crippen LogP contribution in [-0.2, 0) is 9.59 Å². The highest BCUT2D eigenvalue weighted by molar-refractivity contribution is 5.97. The van der Waals surface area contributed by atoms with Crippen LogP contribution >= 0.6 is 0 Å². The van der Waals surface area contributed by atoms with Crippen molar-refractivity contribution in [1.82, 2.24) is 5.32 Å². The second-order valence-electron chi connectivity index (χ2n) is 6.46. The Balaban J connectivity index is 1.60. The molecule has 0 spiro atoms. The Hall–Kier alpha value is -3.02. The lowest BCUT2D eigenvalue weighted by molar-refractivity contribution is -0.128. The van der Waals surface area contributed by atoms with E-state index in [0.29, 0.717) is 30.9 Å². The minimum atomic E-state index is -0.711. The van der Waals surface area contributed by atoms with Gasteiger partial charge in [0.15, 0.2) is 6.10 Å². The molecule has 0 saturated heterocycles. The summed E-state index contributed by atoms with van der Waals surface area (Å²) in [5.74, 6) is 1.05. The number of rotatable bonds is 6. The molecule has 0 saturated carbocycles. The molecule has 2 aromatic carbocycles. The van der Waals surface area contributed by atoms with Gasteiger partial charge in [0.2, 0.25) is 5.91 Å². The zero-order valence-corrected chi connectivity index (χ0v) is 15.6. The molecular formula is C21H24N2O4. The van der Waals surface area contributed by atoms with Gasteiger partial charge in [0.1, 0.15) is 11.5 Å². The second kappa shape index (κ2) is 8.58. The van der Waals surface area contributed by atoms with Crippen LogP contribution in [0.4, 0.5) is 5.69 Å². The fourth-order valence-electron chi connectivity index (χ4n) is 3.02. The molecule has 1 N–H and O–H groups in total. The molecule has 1 aliphatic rings. The van der Waals surface area contributed by atoms with Gasteiger partial charge in [-0.05, 0) is 43.2 Å². The number of hydrogen-bond donors (Lipinski definition) is 1. The summed E-state index contributed by atoms with van der Waals surface area (Å²) in [5.41, 5.74) is 1.83. The number of anilines is 1. The Morgan fingerprint density at radius 1 is 1.22 bits per heavy atom. The van der Waals surface area contributed by atoms with Crippen LogP contribution in [-0.4, -0.2) is 38.1 Å². The SMILES string of the molecule is CNC(=O)[C@H]1CN(C(=O)CCCOc2cccc(C)c2)c2ccccc2O1. The number of carbonyl (C=O) groups excluding carboxylic acids is 2. The summed E-state index contributed by atoms with van der Waals surface area (Å²) in [6.45, 7) is 2.67. The molecule has 0 fully saturated rings. The number of aryl methyl sites for hydroxylation is 1.